The fourth-order valence-corrected chi connectivity index (χ4v) is 10.3. The van der Waals surface area contributed by atoms with E-state index in [0.29, 0.717) is 34.9 Å². The summed E-state index contributed by atoms with van der Waals surface area (Å²) in [6, 6.07) is 62.7. The molecule has 0 saturated carbocycles. The van der Waals surface area contributed by atoms with Gasteiger partial charge in [0.1, 0.15) is 0 Å². The first-order chi connectivity index (χ1) is 30.7. The van der Waals surface area contributed by atoms with Gasteiger partial charge in [0.05, 0.1) is 0 Å². The molecule has 0 spiro atoms. The second kappa shape index (κ2) is 16.7. The third kappa shape index (κ3) is 7.66. The first-order valence-electron chi connectivity index (χ1n) is 20.5. The Morgan fingerprint density at radius 1 is 0.371 bits per heavy atom. The van der Waals surface area contributed by atoms with Crippen molar-refractivity contribution in [1.82, 2.24) is 29.9 Å². The summed E-state index contributed by atoms with van der Waals surface area (Å²) in [6.07, 6.45) is 7.30. The molecular formula is C54H36N6S2. The average Bonchev–Trinajstić information content (AvgIpc) is 3.36. The molecule has 8 heteroatoms. The van der Waals surface area contributed by atoms with Gasteiger partial charge in [0, 0.05) is 53.3 Å². The van der Waals surface area contributed by atoms with Crippen molar-refractivity contribution >= 4 is 29.1 Å². The normalized spacial score (nSPS) is 14.1. The largest absolute Gasteiger partial charge is 0.209 e. The Hall–Kier alpha value is -7.26. The number of fused-ring (bicyclic) bond motifs is 2. The molecule has 2 aliphatic rings. The van der Waals surface area contributed by atoms with E-state index < -0.39 is 0 Å². The van der Waals surface area contributed by atoms with E-state index in [2.05, 4.69) is 121 Å². The Labute approximate surface area is 368 Å². The standard InChI is InChI=1S/C54H36N6S2/c1-4-16-35(17-5-1)49-55-50(36-18-6-2-7-19-36)57-52(56-49)42-26-13-24-40(33-42)38-22-12-23-39(32-38)41-25-14-27-43(34-41)53-58-51(37-20-8-3-9-21-37)59-54(60-53)44-28-15-31-47-48(44)62-46-30-11-10-29-45(46)61-47/h1-32,34,40H,33H2. The number of nitrogens with zero attached hydrogens (tertiary/aromatic N) is 6. The smallest absolute Gasteiger partial charge is 0.165 e. The van der Waals surface area contributed by atoms with E-state index >= 15 is 0 Å². The van der Waals surface area contributed by atoms with Crippen LogP contribution in [0.3, 0.4) is 0 Å². The maximum atomic E-state index is 5.20. The number of aromatic nitrogens is 6. The molecule has 7 aromatic carbocycles. The average molecular weight is 833 g/mol. The molecule has 0 N–H and O–H groups in total. The Balaban J connectivity index is 0.921. The number of allylic oxidation sites excluding steroid dienone is 4. The van der Waals surface area contributed by atoms with Crippen LogP contribution >= 0.6 is 23.5 Å². The molecule has 1 aliphatic carbocycles. The van der Waals surface area contributed by atoms with Crippen LogP contribution in [0.1, 0.15) is 23.7 Å². The van der Waals surface area contributed by atoms with Crippen molar-refractivity contribution in [1.29, 1.82) is 0 Å². The van der Waals surface area contributed by atoms with E-state index in [0.717, 1.165) is 55.8 Å². The van der Waals surface area contributed by atoms with Gasteiger partial charge in [0.15, 0.2) is 34.9 Å². The zero-order valence-corrected chi connectivity index (χ0v) is 35.0. The third-order valence-electron chi connectivity index (χ3n) is 11.0. The first kappa shape index (κ1) is 37.7. The van der Waals surface area contributed by atoms with Gasteiger partial charge >= 0.3 is 0 Å². The summed E-state index contributed by atoms with van der Waals surface area (Å²) in [4.78, 5) is 35.2. The molecule has 1 unspecified atom stereocenters. The van der Waals surface area contributed by atoms with Crippen LogP contribution in [0, 0.1) is 0 Å². The van der Waals surface area contributed by atoms with E-state index in [4.69, 9.17) is 29.9 Å². The molecule has 294 valence electrons. The van der Waals surface area contributed by atoms with E-state index in [9.17, 15) is 0 Å². The number of benzene rings is 7. The summed E-state index contributed by atoms with van der Waals surface area (Å²) in [5.74, 6) is 4.08. The van der Waals surface area contributed by atoms with Crippen LogP contribution in [0.15, 0.2) is 220 Å². The second-order valence-corrected chi connectivity index (χ2v) is 17.2. The summed E-state index contributed by atoms with van der Waals surface area (Å²) in [7, 11) is 0. The summed E-state index contributed by atoms with van der Waals surface area (Å²) in [5, 5.41) is 0. The van der Waals surface area contributed by atoms with Crippen LogP contribution < -0.4 is 0 Å². The second-order valence-electron chi connectivity index (χ2n) is 15.1. The van der Waals surface area contributed by atoms with Crippen LogP contribution in [0.2, 0.25) is 0 Å². The topological polar surface area (TPSA) is 77.3 Å². The fourth-order valence-electron chi connectivity index (χ4n) is 7.88. The minimum absolute atomic E-state index is 0.134. The van der Waals surface area contributed by atoms with Crippen LogP contribution in [-0.4, -0.2) is 29.9 Å². The number of hydrogen-bond donors (Lipinski definition) is 0. The van der Waals surface area contributed by atoms with Crippen molar-refractivity contribution in [2.75, 3.05) is 0 Å². The van der Waals surface area contributed by atoms with E-state index in [1.807, 2.05) is 78.9 Å². The maximum Gasteiger partial charge on any atom is 0.165 e. The van der Waals surface area contributed by atoms with Crippen molar-refractivity contribution < 1.29 is 0 Å². The van der Waals surface area contributed by atoms with Crippen LogP contribution in [-0.2, 0) is 0 Å². The van der Waals surface area contributed by atoms with Gasteiger partial charge in [-0.05, 0) is 59.0 Å². The minimum Gasteiger partial charge on any atom is -0.209 e. The lowest BCUT2D eigenvalue weighted by Crippen LogP contribution is -2.07. The molecule has 11 rings (SSSR count). The predicted octanol–water partition coefficient (Wildman–Crippen LogP) is 13.8. The van der Waals surface area contributed by atoms with Gasteiger partial charge in [-0.1, -0.05) is 193 Å². The molecule has 0 saturated heterocycles. The van der Waals surface area contributed by atoms with Gasteiger partial charge in [-0.15, -0.1) is 0 Å². The Kier molecular flexibility index (Phi) is 10.1. The molecule has 3 heterocycles. The van der Waals surface area contributed by atoms with E-state index in [-0.39, 0.29) is 5.92 Å². The highest BCUT2D eigenvalue weighted by Gasteiger charge is 2.24. The Morgan fingerprint density at radius 3 is 1.48 bits per heavy atom. The van der Waals surface area contributed by atoms with Crippen LogP contribution in [0.4, 0.5) is 0 Å². The summed E-state index contributed by atoms with van der Waals surface area (Å²) >= 11 is 3.57. The van der Waals surface area contributed by atoms with Crippen LogP contribution in [0.5, 0.6) is 0 Å². The molecule has 0 bridgehead atoms. The van der Waals surface area contributed by atoms with Gasteiger partial charge < -0.3 is 0 Å². The lowest BCUT2D eigenvalue weighted by Gasteiger charge is -2.20. The lowest BCUT2D eigenvalue weighted by molar-refractivity contribution is 0.854. The van der Waals surface area contributed by atoms with Gasteiger partial charge in [0.25, 0.3) is 0 Å². The zero-order valence-electron chi connectivity index (χ0n) is 33.3. The Morgan fingerprint density at radius 2 is 0.839 bits per heavy atom. The quantitative estimate of drug-likeness (QED) is 0.150. The van der Waals surface area contributed by atoms with Crippen molar-refractivity contribution in [2.45, 2.75) is 31.9 Å². The van der Waals surface area contributed by atoms with Crippen LogP contribution in [0.25, 0.3) is 73.6 Å². The lowest BCUT2D eigenvalue weighted by atomic mass is 9.86. The first-order valence-corrected chi connectivity index (χ1v) is 22.2. The molecule has 0 amide bonds. The maximum absolute atomic E-state index is 5.20. The molecule has 0 fully saturated rings. The van der Waals surface area contributed by atoms with Gasteiger partial charge in [0.2, 0.25) is 0 Å². The summed E-state index contributed by atoms with van der Waals surface area (Å²) in [5.41, 5.74) is 9.27. The van der Waals surface area contributed by atoms with Crippen molar-refractivity contribution in [2.24, 2.45) is 0 Å². The zero-order chi connectivity index (χ0) is 41.2. The number of hydrogen-bond acceptors (Lipinski definition) is 8. The fraction of sp³-hybridized carbons (Fsp3) is 0.0370. The molecule has 6 nitrogen and oxygen atoms in total. The summed E-state index contributed by atoms with van der Waals surface area (Å²) in [6.45, 7) is 0. The molecule has 62 heavy (non-hydrogen) atoms. The SMILES string of the molecule is C1=CC(c2cccc(-c3cccc(-c4nc(-c5ccccc5)nc(-c5cccc6c5Sc5ccccc5S6)n4)c3)c2)CC(c2nc(-c3ccccc3)nc(-c3ccccc3)n2)=C1. The molecular weight excluding hydrogens is 797 g/mol. The monoisotopic (exact) mass is 832 g/mol. The summed E-state index contributed by atoms with van der Waals surface area (Å²) < 4.78 is 0. The number of rotatable bonds is 8. The highest BCUT2D eigenvalue weighted by atomic mass is 32.2. The van der Waals surface area contributed by atoms with Gasteiger partial charge in [-0.2, -0.15) is 0 Å². The molecule has 1 aliphatic heterocycles. The molecule has 9 aromatic rings. The molecule has 1 atom stereocenters. The van der Waals surface area contributed by atoms with Crippen molar-refractivity contribution in [3.8, 4) is 68.1 Å². The van der Waals surface area contributed by atoms with Crippen molar-refractivity contribution in [3.63, 3.8) is 0 Å². The molecule has 2 aromatic heterocycles. The predicted molar refractivity (Wildman–Crippen MR) is 251 cm³/mol. The third-order valence-corrected chi connectivity index (χ3v) is 13.6. The van der Waals surface area contributed by atoms with Crippen molar-refractivity contribution in [3.05, 3.63) is 212 Å². The van der Waals surface area contributed by atoms with Gasteiger partial charge in [-0.3, -0.25) is 0 Å². The van der Waals surface area contributed by atoms with Gasteiger partial charge in [-0.25, -0.2) is 29.9 Å². The highest BCUT2D eigenvalue weighted by Crippen LogP contribution is 2.51. The Bertz CT molecular complexity index is 3110. The van der Waals surface area contributed by atoms with E-state index in [1.54, 1.807) is 23.5 Å². The highest BCUT2D eigenvalue weighted by molar-refractivity contribution is 8.05. The minimum atomic E-state index is 0.134. The van der Waals surface area contributed by atoms with E-state index in [1.165, 1.54) is 20.2 Å². The molecule has 0 radical (unpaired) electrons.